The first-order chi connectivity index (χ1) is 9.65. The van der Waals surface area contributed by atoms with Gasteiger partial charge in [-0.1, -0.05) is 41.9 Å². The molecule has 3 nitrogen and oxygen atoms in total. The number of amides is 1. The number of thiophene rings is 1. The number of hydrogen-bond donors (Lipinski definition) is 2. The second-order valence-corrected chi connectivity index (χ2v) is 6.79. The maximum atomic E-state index is 11.7. The minimum Gasteiger partial charge on any atom is -0.351 e. The fourth-order valence-corrected chi connectivity index (χ4v) is 3.40. The van der Waals surface area contributed by atoms with Gasteiger partial charge < -0.3 is 10.6 Å². The van der Waals surface area contributed by atoms with E-state index in [9.17, 15) is 4.79 Å². The lowest BCUT2D eigenvalue weighted by Gasteiger charge is -2.06. The average molecular weight is 374 g/mol. The third-order valence-corrected chi connectivity index (χ3v) is 5.09. The average Bonchev–Trinajstić information content (AvgIpc) is 2.76. The van der Waals surface area contributed by atoms with Gasteiger partial charge in [-0.05, 0) is 27.6 Å². The maximum Gasteiger partial charge on any atom is 0.234 e. The van der Waals surface area contributed by atoms with Crippen LogP contribution in [-0.4, -0.2) is 12.5 Å². The monoisotopic (exact) mass is 372 g/mol. The number of nitrogens with one attached hydrogen (secondary N) is 2. The second-order valence-electron chi connectivity index (χ2n) is 4.20. The Morgan fingerprint density at radius 1 is 1.25 bits per heavy atom. The molecule has 0 bridgehead atoms. The van der Waals surface area contributed by atoms with Gasteiger partial charge in [-0.25, -0.2) is 0 Å². The summed E-state index contributed by atoms with van der Waals surface area (Å²) in [6.45, 7) is 1.48. The van der Waals surface area contributed by atoms with Crippen LogP contribution in [0.3, 0.4) is 0 Å². The maximum absolute atomic E-state index is 11.7. The highest BCUT2D eigenvalue weighted by molar-refractivity contribution is 9.10. The summed E-state index contributed by atoms with van der Waals surface area (Å²) in [6.07, 6.45) is 0. The largest absolute Gasteiger partial charge is 0.351 e. The summed E-state index contributed by atoms with van der Waals surface area (Å²) in [6, 6.07) is 11.8. The van der Waals surface area contributed by atoms with E-state index in [0.717, 1.165) is 19.2 Å². The second kappa shape index (κ2) is 7.78. The van der Waals surface area contributed by atoms with Crippen molar-refractivity contribution in [3.8, 4) is 0 Å². The number of halogens is 2. The summed E-state index contributed by atoms with van der Waals surface area (Å²) in [5.41, 5.74) is 1.09. The fourth-order valence-electron chi connectivity index (χ4n) is 1.64. The summed E-state index contributed by atoms with van der Waals surface area (Å²) in [4.78, 5) is 12.8. The van der Waals surface area contributed by atoms with Crippen LogP contribution >= 0.6 is 38.9 Å². The molecule has 6 heteroatoms. The highest BCUT2D eigenvalue weighted by Gasteiger charge is 2.05. The molecular weight excluding hydrogens is 360 g/mol. The molecule has 2 N–H and O–H groups in total. The molecule has 106 valence electrons. The first-order valence-corrected chi connectivity index (χ1v) is 8.09. The van der Waals surface area contributed by atoms with E-state index in [1.54, 1.807) is 0 Å². The summed E-state index contributed by atoms with van der Waals surface area (Å²) in [5.74, 6) is -0.0180. The minimum atomic E-state index is -0.0180. The Balaban J connectivity index is 1.68. The van der Waals surface area contributed by atoms with E-state index in [1.165, 1.54) is 11.3 Å². The molecule has 0 aliphatic carbocycles. The molecule has 0 aliphatic heterocycles. The number of carbonyl (C=O) groups excluding carboxylic acids is 1. The van der Waals surface area contributed by atoms with Gasteiger partial charge >= 0.3 is 0 Å². The molecule has 0 saturated heterocycles. The zero-order chi connectivity index (χ0) is 14.4. The van der Waals surface area contributed by atoms with Crippen LogP contribution in [-0.2, 0) is 17.9 Å². The Morgan fingerprint density at radius 2 is 2.00 bits per heavy atom. The third-order valence-electron chi connectivity index (χ3n) is 2.61. The Bertz CT molecular complexity index is 554. The van der Waals surface area contributed by atoms with Gasteiger partial charge in [-0.3, -0.25) is 4.79 Å². The predicted molar refractivity (Wildman–Crippen MR) is 87.0 cm³/mol. The summed E-state index contributed by atoms with van der Waals surface area (Å²) in [7, 11) is 0. The highest BCUT2D eigenvalue weighted by atomic mass is 79.9. The summed E-state index contributed by atoms with van der Waals surface area (Å²) in [5, 5.41) is 5.97. The van der Waals surface area contributed by atoms with Crippen molar-refractivity contribution in [1.82, 2.24) is 10.6 Å². The standard InChI is InChI=1S/C14H14BrClN2OS/c15-12-6-11(20-14(12)16)8-17-9-13(19)18-7-10-4-2-1-3-5-10/h1-6,17H,7-9H2,(H,18,19). The Morgan fingerprint density at radius 3 is 2.65 bits per heavy atom. The molecule has 2 rings (SSSR count). The van der Waals surface area contributed by atoms with Crippen LogP contribution in [0.2, 0.25) is 4.34 Å². The van der Waals surface area contributed by atoms with Crippen molar-refractivity contribution in [1.29, 1.82) is 0 Å². The summed E-state index contributed by atoms with van der Waals surface area (Å²) >= 11 is 10.8. The zero-order valence-corrected chi connectivity index (χ0v) is 13.8. The number of rotatable bonds is 6. The number of benzene rings is 1. The molecular formula is C14H14BrClN2OS. The normalized spacial score (nSPS) is 10.5. The molecule has 0 radical (unpaired) electrons. The van der Waals surface area contributed by atoms with Gasteiger partial charge in [0.25, 0.3) is 0 Å². The lowest BCUT2D eigenvalue weighted by molar-refractivity contribution is -0.120. The topological polar surface area (TPSA) is 41.1 Å². The van der Waals surface area contributed by atoms with E-state index in [1.807, 2.05) is 36.4 Å². The van der Waals surface area contributed by atoms with Crippen molar-refractivity contribution in [2.24, 2.45) is 0 Å². The SMILES string of the molecule is O=C(CNCc1cc(Br)c(Cl)s1)NCc1ccccc1. The molecule has 0 aliphatic rings. The molecule has 0 fully saturated rings. The van der Waals surface area contributed by atoms with Crippen LogP contribution in [0, 0.1) is 0 Å². The van der Waals surface area contributed by atoms with Gasteiger partial charge in [-0.2, -0.15) is 0 Å². The molecule has 1 aromatic heterocycles. The minimum absolute atomic E-state index is 0.0180. The van der Waals surface area contributed by atoms with Crippen molar-refractivity contribution in [3.63, 3.8) is 0 Å². The van der Waals surface area contributed by atoms with Crippen molar-refractivity contribution in [2.45, 2.75) is 13.1 Å². The number of hydrogen-bond acceptors (Lipinski definition) is 3. The van der Waals surface area contributed by atoms with Crippen LogP contribution in [0.1, 0.15) is 10.4 Å². The Kier molecular flexibility index (Phi) is 6.04. The molecule has 0 spiro atoms. The first-order valence-electron chi connectivity index (χ1n) is 6.10. The van der Waals surface area contributed by atoms with Gasteiger partial charge in [0.2, 0.25) is 5.91 Å². The molecule has 1 aromatic carbocycles. The van der Waals surface area contributed by atoms with Crippen molar-refractivity contribution < 1.29 is 4.79 Å². The highest BCUT2D eigenvalue weighted by Crippen LogP contribution is 2.31. The van der Waals surface area contributed by atoms with E-state index in [2.05, 4.69) is 26.6 Å². The lowest BCUT2D eigenvalue weighted by Crippen LogP contribution is -2.33. The molecule has 20 heavy (non-hydrogen) atoms. The van der Waals surface area contributed by atoms with Crippen LogP contribution in [0.25, 0.3) is 0 Å². The van der Waals surface area contributed by atoms with Crippen LogP contribution in [0.5, 0.6) is 0 Å². The van der Waals surface area contributed by atoms with Gasteiger partial charge in [0.15, 0.2) is 0 Å². The zero-order valence-electron chi connectivity index (χ0n) is 10.7. The predicted octanol–water partition coefficient (Wildman–Crippen LogP) is 3.57. The van der Waals surface area contributed by atoms with E-state index >= 15 is 0 Å². The van der Waals surface area contributed by atoms with Gasteiger partial charge in [0, 0.05) is 22.4 Å². The molecule has 0 saturated carbocycles. The van der Waals surface area contributed by atoms with Crippen molar-refractivity contribution >= 4 is 44.8 Å². The van der Waals surface area contributed by atoms with Gasteiger partial charge in [-0.15, -0.1) is 11.3 Å². The molecule has 2 aromatic rings. The Labute approximate surface area is 135 Å². The smallest absolute Gasteiger partial charge is 0.234 e. The van der Waals surface area contributed by atoms with E-state index in [4.69, 9.17) is 11.6 Å². The van der Waals surface area contributed by atoms with Gasteiger partial charge in [0.05, 0.1) is 6.54 Å². The van der Waals surface area contributed by atoms with E-state index in [-0.39, 0.29) is 5.91 Å². The van der Waals surface area contributed by atoms with Gasteiger partial charge in [0.1, 0.15) is 4.34 Å². The lowest BCUT2D eigenvalue weighted by atomic mass is 10.2. The Hall–Kier alpha value is -0.880. The van der Waals surface area contributed by atoms with Crippen molar-refractivity contribution in [3.05, 3.63) is 55.6 Å². The molecule has 1 heterocycles. The van der Waals surface area contributed by atoms with Crippen LogP contribution in [0.15, 0.2) is 40.9 Å². The molecule has 1 amide bonds. The number of carbonyl (C=O) groups is 1. The van der Waals surface area contributed by atoms with Crippen molar-refractivity contribution in [2.75, 3.05) is 6.54 Å². The quantitative estimate of drug-likeness (QED) is 0.813. The van der Waals surface area contributed by atoms with E-state index in [0.29, 0.717) is 19.6 Å². The van der Waals surface area contributed by atoms with Crippen LogP contribution < -0.4 is 10.6 Å². The molecule has 0 unspecified atom stereocenters. The van der Waals surface area contributed by atoms with E-state index < -0.39 is 0 Å². The summed E-state index contributed by atoms with van der Waals surface area (Å²) < 4.78 is 1.63. The first kappa shape index (κ1) is 15.5. The molecule has 0 atom stereocenters. The van der Waals surface area contributed by atoms with Crippen LogP contribution in [0.4, 0.5) is 0 Å². The third kappa shape index (κ3) is 4.90. The fraction of sp³-hybridized carbons (Fsp3) is 0.214.